The number of benzene rings is 2. The second-order valence-electron chi connectivity index (χ2n) is 5.97. The molecule has 2 aromatic carbocycles. The van der Waals surface area contributed by atoms with Gasteiger partial charge >= 0.3 is 11.8 Å². The number of carbonyl (C=O) groups excluding carboxylic acids is 3. The predicted molar refractivity (Wildman–Crippen MR) is 107 cm³/mol. The Kier molecular flexibility index (Phi) is 6.82. The molecular formula is C19H19Cl2N3O3. The van der Waals surface area contributed by atoms with E-state index in [1.54, 1.807) is 49.4 Å². The maximum Gasteiger partial charge on any atom is 0.313 e. The number of likely N-dealkylation sites (N-methyl/N-ethyl adjacent to an activating group) is 1. The SMILES string of the molecule is CC(=O)Nc1ccc(NC(=O)C(=O)N(C)C(C)c2ccc(Cl)cc2Cl)cc1. The molecule has 8 heteroatoms. The summed E-state index contributed by atoms with van der Waals surface area (Å²) in [7, 11) is 1.53. The average Bonchev–Trinajstić information content (AvgIpc) is 2.61. The van der Waals surface area contributed by atoms with E-state index in [-0.39, 0.29) is 5.91 Å². The van der Waals surface area contributed by atoms with Crippen molar-refractivity contribution in [3.63, 3.8) is 0 Å². The first-order valence-electron chi connectivity index (χ1n) is 8.09. The van der Waals surface area contributed by atoms with Crippen molar-refractivity contribution < 1.29 is 14.4 Å². The molecule has 0 fully saturated rings. The zero-order valence-corrected chi connectivity index (χ0v) is 16.6. The van der Waals surface area contributed by atoms with Gasteiger partial charge in [-0.2, -0.15) is 0 Å². The van der Waals surface area contributed by atoms with Crippen molar-refractivity contribution in [3.05, 3.63) is 58.1 Å². The fourth-order valence-corrected chi connectivity index (χ4v) is 2.98. The highest BCUT2D eigenvalue weighted by Gasteiger charge is 2.25. The first kappa shape index (κ1) is 20.7. The van der Waals surface area contributed by atoms with Crippen LogP contribution in [0.2, 0.25) is 10.0 Å². The number of anilines is 2. The van der Waals surface area contributed by atoms with Crippen molar-refractivity contribution in [3.8, 4) is 0 Å². The van der Waals surface area contributed by atoms with Gasteiger partial charge < -0.3 is 15.5 Å². The van der Waals surface area contributed by atoms with Gasteiger partial charge in [0.05, 0.1) is 6.04 Å². The number of nitrogens with one attached hydrogen (secondary N) is 2. The third kappa shape index (κ3) is 5.45. The smallest absolute Gasteiger partial charge is 0.313 e. The number of rotatable bonds is 4. The molecule has 0 radical (unpaired) electrons. The quantitative estimate of drug-likeness (QED) is 0.748. The van der Waals surface area contributed by atoms with Crippen LogP contribution in [-0.2, 0) is 14.4 Å². The number of hydrogen-bond donors (Lipinski definition) is 2. The highest BCUT2D eigenvalue weighted by atomic mass is 35.5. The van der Waals surface area contributed by atoms with Crippen LogP contribution in [0.1, 0.15) is 25.5 Å². The maximum atomic E-state index is 12.4. The third-order valence-electron chi connectivity index (χ3n) is 3.97. The molecule has 6 nitrogen and oxygen atoms in total. The molecule has 1 atom stereocenters. The lowest BCUT2D eigenvalue weighted by atomic mass is 10.1. The monoisotopic (exact) mass is 407 g/mol. The van der Waals surface area contributed by atoms with E-state index < -0.39 is 17.9 Å². The van der Waals surface area contributed by atoms with Crippen molar-refractivity contribution >= 4 is 52.3 Å². The van der Waals surface area contributed by atoms with E-state index in [1.165, 1.54) is 18.9 Å². The van der Waals surface area contributed by atoms with Gasteiger partial charge in [0.1, 0.15) is 0 Å². The Labute approximate surface area is 167 Å². The van der Waals surface area contributed by atoms with E-state index in [9.17, 15) is 14.4 Å². The van der Waals surface area contributed by atoms with Crippen LogP contribution in [0.4, 0.5) is 11.4 Å². The summed E-state index contributed by atoms with van der Waals surface area (Å²) < 4.78 is 0. The summed E-state index contributed by atoms with van der Waals surface area (Å²) in [6, 6.07) is 11.0. The predicted octanol–water partition coefficient (Wildman–Crippen LogP) is 4.11. The molecule has 0 aromatic heterocycles. The Hall–Kier alpha value is -2.57. The van der Waals surface area contributed by atoms with E-state index in [4.69, 9.17) is 23.2 Å². The summed E-state index contributed by atoms with van der Waals surface area (Å²) in [5.41, 5.74) is 1.72. The second kappa shape index (κ2) is 8.88. The summed E-state index contributed by atoms with van der Waals surface area (Å²) in [6.07, 6.45) is 0. The van der Waals surface area contributed by atoms with Crippen molar-refractivity contribution in [1.82, 2.24) is 4.90 Å². The lowest BCUT2D eigenvalue weighted by molar-refractivity contribution is -0.143. The summed E-state index contributed by atoms with van der Waals surface area (Å²) in [6.45, 7) is 3.17. The van der Waals surface area contributed by atoms with Crippen LogP contribution < -0.4 is 10.6 Å². The van der Waals surface area contributed by atoms with E-state index >= 15 is 0 Å². The van der Waals surface area contributed by atoms with Gasteiger partial charge in [-0.15, -0.1) is 0 Å². The van der Waals surface area contributed by atoms with Gasteiger partial charge in [-0.25, -0.2) is 0 Å². The zero-order chi connectivity index (χ0) is 20.1. The standard InChI is InChI=1S/C19H19Cl2N3O3/c1-11(16-9-4-13(20)10-17(16)21)24(3)19(27)18(26)23-15-7-5-14(6-8-15)22-12(2)25/h4-11H,1-3H3,(H,22,25)(H,23,26). The highest BCUT2D eigenvalue weighted by molar-refractivity contribution is 6.39. The van der Waals surface area contributed by atoms with E-state index in [0.29, 0.717) is 27.0 Å². The Bertz CT molecular complexity index is 869. The normalized spacial score (nSPS) is 11.4. The number of hydrogen-bond acceptors (Lipinski definition) is 3. The van der Waals surface area contributed by atoms with Gasteiger partial charge in [-0.05, 0) is 48.9 Å². The van der Waals surface area contributed by atoms with Crippen molar-refractivity contribution in [2.45, 2.75) is 19.9 Å². The molecule has 27 heavy (non-hydrogen) atoms. The van der Waals surface area contributed by atoms with E-state index in [1.807, 2.05) is 0 Å². The minimum atomic E-state index is -0.776. The molecule has 0 saturated carbocycles. The topological polar surface area (TPSA) is 78.5 Å². The molecule has 2 rings (SSSR count). The van der Waals surface area contributed by atoms with Crippen molar-refractivity contribution in [2.24, 2.45) is 0 Å². The van der Waals surface area contributed by atoms with Crippen LogP contribution in [0.3, 0.4) is 0 Å². The summed E-state index contributed by atoms with van der Waals surface area (Å²) in [5.74, 6) is -1.68. The molecule has 0 heterocycles. The van der Waals surface area contributed by atoms with E-state index in [2.05, 4.69) is 10.6 Å². The van der Waals surface area contributed by atoms with Crippen LogP contribution in [0, 0.1) is 0 Å². The fraction of sp³-hybridized carbons (Fsp3) is 0.211. The minimum absolute atomic E-state index is 0.196. The molecule has 142 valence electrons. The molecule has 3 amide bonds. The highest BCUT2D eigenvalue weighted by Crippen LogP contribution is 2.29. The largest absolute Gasteiger partial charge is 0.331 e. The lowest BCUT2D eigenvalue weighted by Crippen LogP contribution is -2.38. The Morgan fingerprint density at radius 1 is 0.963 bits per heavy atom. The van der Waals surface area contributed by atoms with Crippen LogP contribution in [0.15, 0.2) is 42.5 Å². The van der Waals surface area contributed by atoms with Crippen LogP contribution in [0.5, 0.6) is 0 Å². The molecule has 2 N–H and O–H groups in total. The Morgan fingerprint density at radius 3 is 2.04 bits per heavy atom. The molecular weight excluding hydrogens is 389 g/mol. The van der Waals surface area contributed by atoms with Crippen LogP contribution in [-0.4, -0.2) is 29.7 Å². The first-order valence-corrected chi connectivity index (χ1v) is 8.85. The summed E-state index contributed by atoms with van der Waals surface area (Å²) in [5, 5.41) is 6.07. The number of halogens is 2. The first-order chi connectivity index (χ1) is 12.7. The van der Waals surface area contributed by atoms with Gasteiger partial charge in [-0.3, -0.25) is 14.4 Å². The van der Waals surface area contributed by atoms with Gasteiger partial charge in [0.25, 0.3) is 0 Å². The zero-order valence-electron chi connectivity index (χ0n) is 15.0. The van der Waals surface area contributed by atoms with Crippen molar-refractivity contribution in [1.29, 1.82) is 0 Å². The maximum absolute atomic E-state index is 12.4. The molecule has 2 aromatic rings. The molecule has 1 unspecified atom stereocenters. The minimum Gasteiger partial charge on any atom is -0.331 e. The third-order valence-corrected chi connectivity index (χ3v) is 4.53. The van der Waals surface area contributed by atoms with Gasteiger partial charge in [0.15, 0.2) is 0 Å². The average molecular weight is 408 g/mol. The van der Waals surface area contributed by atoms with Gasteiger partial charge in [-0.1, -0.05) is 29.3 Å². The Morgan fingerprint density at radius 2 is 1.52 bits per heavy atom. The summed E-state index contributed by atoms with van der Waals surface area (Å²) in [4.78, 5) is 37.0. The van der Waals surface area contributed by atoms with Gasteiger partial charge in [0, 0.05) is 35.4 Å². The molecule has 0 bridgehead atoms. The van der Waals surface area contributed by atoms with Crippen LogP contribution in [0.25, 0.3) is 0 Å². The lowest BCUT2D eigenvalue weighted by Gasteiger charge is -2.25. The number of amides is 3. The molecule has 0 aliphatic heterocycles. The second-order valence-corrected chi connectivity index (χ2v) is 6.81. The van der Waals surface area contributed by atoms with Crippen LogP contribution >= 0.6 is 23.2 Å². The van der Waals surface area contributed by atoms with Gasteiger partial charge in [0.2, 0.25) is 5.91 Å². The Balaban J connectivity index is 2.05. The molecule has 0 aliphatic carbocycles. The fourth-order valence-electron chi connectivity index (χ4n) is 2.41. The summed E-state index contributed by atoms with van der Waals surface area (Å²) >= 11 is 12.1. The molecule has 0 saturated heterocycles. The molecule has 0 aliphatic rings. The number of carbonyl (C=O) groups is 3. The van der Waals surface area contributed by atoms with Crippen molar-refractivity contribution in [2.75, 3.05) is 17.7 Å². The molecule has 0 spiro atoms. The number of nitrogens with zero attached hydrogens (tertiary/aromatic N) is 1. The van der Waals surface area contributed by atoms with E-state index in [0.717, 1.165) is 0 Å².